The Labute approximate surface area is 90.8 Å². The van der Waals surface area contributed by atoms with Gasteiger partial charge < -0.3 is 15.4 Å². The maximum atomic E-state index is 11.8. The fraction of sp³-hybridized carbons (Fsp3) is 0.909. The summed E-state index contributed by atoms with van der Waals surface area (Å²) in [6, 6.07) is 0.354. The zero-order chi connectivity index (χ0) is 10.7. The Kier molecular flexibility index (Phi) is 3.59. The summed E-state index contributed by atoms with van der Waals surface area (Å²) in [4.78, 5) is 11.8. The molecule has 2 heterocycles. The molecule has 0 radical (unpaired) electrons. The van der Waals surface area contributed by atoms with E-state index in [9.17, 15) is 4.79 Å². The lowest BCUT2D eigenvalue weighted by molar-refractivity contribution is -0.124. The Morgan fingerprint density at radius 2 is 2.33 bits per heavy atom. The van der Waals surface area contributed by atoms with Crippen LogP contribution in [0, 0.1) is 0 Å². The van der Waals surface area contributed by atoms with Crippen LogP contribution in [0.15, 0.2) is 0 Å². The summed E-state index contributed by atoms with van der Waals surface area (Å²) in [5.41, 5.74) is 0. The fourth-order valence-electron chi connectivity index (χ4n) is 2.34. The van der Waals surface area contributed by atoms with E-state index >= 15 is 0 Å². The van der Waals surface area contributed by atoms with E-state index < -0.39 is 0 Å². The van der Waals surface area contributed by atoms with Gasteiger partial charge in [-0.1, -0.05) is 0 Å². The Hall–Kier alpha value is -0.610. The quantitative estimate of drug-likeness (QED) is 0.697. The molecule has 4 nitrogen and oxygen atoms in total. The molecule has 2 saturated heterocycles. The Morgan fingerprint density at radius 1 is 1.47 bits per heavy atom. The number of hydrogen-bond donors (Lipinski definition) is 2. The van der Waals surface area contributed by atoms with Gasteiger partial charge in [0.05, 0.1) is 12.1 Å². The monoisotopic (exact) mass is 212 g/mol. The van der Waals surface area contributed by atoms with Crippen LogP contribution in [0.25, 0.3) is 0 Å². The van der Waals surface area contributed by atoms with Crippen molar-refractivity contribution in [1.29, 1.82) is 0 Å². The van der Waals surface area contributed by atoms with E-state index in [1.807, 2.05) is 0 Å². The van der Waals surface area contributed by atoms with Crippen LogP contribution in [-0.4, -0.2) is 37.2 Å². The molecule has 0 aromatic carbocycles. The minimum absolute atomic E-state index is 0.0446. The van der Waals surface area contributed by atoms with Crippen LogP contribution in [0.3, 0.4) is 0 Å². The molecular weight excluding hydrogens is 192 g/mol. The number of nitrogens with one attached hydrogen (secondary N) is 2. The Morgan fingerprint density at radius 3 is 3.00 bits per heavy atom. The van der Waals surface area contributed by atoms with E-state index in [4.69, 9.17) is 4.74 Å². The lowest BCUT2D eigenvalue weighted by Crippen LogP contribution is -2.48. The lowest BCUT2D eigenvalue weighted by Gasteiger charge is -2.28. The van der Waals surface area contributed by atoms with Gasteiger partial charge in [0.1, 0.15) is 0 Å². The third-order valence-corrected chi connectivity index (χ3v) is 3.21. The van der Waals surface area contributed by atoms with Crippen molar-refractivity contribution in [2.75, 3.05) is 13.2 Å². The van der Waals surface area contributed by atoms with Crippen LogP contribution in [0.5, 0.6) is 0 Å². The zero-order valence-electron chi connectivity index (χ0n) is 9.29. The fourth-order valence-corrected chi connectivity index (χ4v) is 2.34. The van der Waals surface area contributed by atoms with Crippen LogP contribution in [0.4, 0.5) is 0 Å². The summed E-state index contributed by atoms with van der Waals surface area (Å²) in [6.45, 7) is 3.80. The predicted octanol–water partition coefficient (Wildman–Crippen LogP) is 0.422. The number of ether oxygens (including phenoxy) is 1. The molecule has 0 spiro atoms. The number of amides is 1. The first-order valence-corrected chi connectivity index (χ1v) is 5.91. The minimum atomic E-state index is 0.0446. The molecule has 0 aromatic heterocycles. The van der Waals surface area contributed by atoms with E-state index in [1.165, 1.54) is 0 Å². The molecule has 4 heteroatoms. The smallest absolute Gasteiger partial charge is 0.237 e. The molecule has 2 N–H and O–H groups in total. The average molecular weight is 212 g/mol. The molecular formula is C11H20N2O2. The average Bonchev–Trinajstić information content (AvgIpc) is 2.70. The van der Waals surface area contributed by atoms with Crippen molar-refractivity contribution >= 4 is 5.91 Å². The van der Waals surface area contributed by atoms with E-state index in [0.717, 1.165) is 38.8 Å². The molecule has 2 aliphatic heterocycles. The molecule has 2 unspecified atom stereocenters. The molecule has 2 aliphatic rings. The van der Waals surface area contributed by atoms with Gasteiger partial charge in [0.2, 0.25) is 5.91 Å². The van der Waals surface area contributed by atoms with Gasteiger partial charge >= 0.3 is 0 Å². The maximum absolute atomic E-state index is 11.8. The zero-order valence-corrected chi connectivity index (χ0v) is 9.29. The highest BCUT2D eigenvalue weighted by Gasteiger charge is 2.26. The van der Waals surface area contributed by atoms with Crippen LogP contribution >= 0.6 is 0 Å². The third kappa shape index (κ3) is 2.92. The minimum Gasteiger partial charge on any atom is -0.378 e. The topological polar surface area (TPSA) is 50.4 Å². The van der Waals surface area contributed by atoms with Crippen molar-refractivity contribution in [1.82, 2.24) is 10.6 Å². The highest BCUT2D eigenvalue weighted by molar-refractivity contribution is 5.82. The van der Waals surface area contributed by atoms with Crippen molar-refractivity contribution in [3.63, 3.8) is 0 Å². The van der Waals surface area contributed by atoms with Crippen LogP contribution < -0.4 is 10.6 Å². The summed E-state index contributed by atoms with van der Waals surface area (Å²) < 4.78 is 5.45. The van der Waals surface area contributed by atoms with Crippen LogP contribution in [-0.2, 0) is 9.53 Å². The molecule has 15 heavy (non-hydrogen) atoms. The normalized spacial score (nSPS) is 36.5. The summed E-state index contributed by atoms with van der Waals surface area (Å²) in [6.07, 6.45) is 4.26. The van der Waals surface area contributed by atoms with Gasteiger partial charge in [-0.15, -0.1) is 0 Å². The van der Waals surface area contributed by atoms with E-state index in [0.29, 0.717) is 6.04 Å². The lowest BCUT2D eigenvalue weighted by atomic mass is 10.0. The summed E-state index contributed by atoms with van der Waals surface area (Å²) >= 11 is 0. The van der Waals surface area contributed by atoms with Crippen molar-refractivity contribution in [3.8, 4) is 0 Å². The number of rotatable bonds is 2. The molecule has 1 amide bonds. The van der Waals surface area contributed by atoms with Gasteiger partial charge in [0.25, 0.3) is 0 Å². The van der Waals surface area contributed by atoms with Gasteiger partial charge in [-0.2, -0.15) is 0 Å². The number of carbonyl (C=O) groups is 1. The van der Waals surface area contributed by atoms with Crippen molar-refractivity contribution in [2.24, 2.45) is 0 Å². The summed E-state index contributed by atoms with van der Waals surface area (Å²) in [7, 11) is 0. The first kappa shape index (κ1) is 10.9. The number of hydrogen-bond acceptors (Lipinski definition) is 3. The van der Waals surface area contributed by atoms with Gasteiger partial charge in [-0.3, -0.25) is 4.79 Å². The predicted molar refractivity (Wildman–Crippen MR) is 57.6 cm³/mol. The van der Waals surface area contributed by atoms with Crippen molar-refractivity contribution in [3.05, 3.63) is 0 Å². The Balaban J connectivity index is 1.77. The standard InChI is InChI=1S/C11H20N2O2/c1-8-7-9(4-6-15-8)13-11(14)10-3-2-5-12-10/h8-10,12H,2-7H2,1H3,(H,13,14)/t8?,9?,10-/m0/s1. The second-order valence-corrected chi connectivity index (χ2v) is 4.56. The molecule has 0 bridgehead atoms. The molecule has 2 fully saturated rings. The molecule has 2 rings (SSSR count). The molecule has 0 aliphatic carbocycles. The first-order valence-electron chi connectivity index (χ1n) is 5.91. The Bertz CT molecular complexity index is 227. The largest absolute Gasteiger partial charge is 0.378 e. The van der Waals surface area contributed by atoms with Gasteiger partial charge in [0, 0.05) is 12.6 Å². The molecule has 86 valence electrons. The van der Waals surface area contributed by atoms with Gasteiger partial charge in [-0.25, -0.2) is 0 Å². The van der Waals surface area contributed by atoms with E-state index in [2.05, 4.69) is 17.6 Å². The third-order valence-electron chi connectivity index (χ3n) is 3.21. The molecule has 3 atom stereocenters. The molecule has 0 aromatic rings. The summed E-state index contributed by atoms with van der Waals surface area (Å²) in [5.74, 6) is 0.173. The van der Waals surface area contributed by atoms with Crippen molar-refractivity contribution < 1.29 is 9.53 Å². The van der Waals surface area contributed by atoms with Gasteiger partial charge in [0.15, 0.2) is 0 Å². The van der Waals surface area contributed by atoms with Crippen LogP contribution in [0.1, 0.15) is 32.6 Å². The van der Waals surface area contributed by atoms with Crippen molar-refractivity contribution in [2.45, 2.75) is 50.8 Å². The second kappa shape index (κ2) is 4.94. The van der Waals surface area contributed by atoms with Crippen LogP contribution in [0.2, 0.25) is 0 Å². The van der Waals surface area contributed by atoms with E-state index in [-0.39, 0.29) is 18.1 Å². The molecule has 0 saturated carbocycles. The van der Waals surface area contributed by atoms with Gasteiger partial charge in [-0.05, 0) is 39.2 Å². The maximum Gasteiger partial charge on any atom is 0.237 e. The number of carbonyl (C=O) groups excluding carboxylic acids is 1. The summed E-state index contributed by atoms with van der Waals surface area (Å²) in [5, 5.41) is 6.32. The SMILES string of the molecule is CC1CC(NC(=O)[C@@H]2CCCN2)CCO1. The van der Waals surface area contributed by atoms with E-state index in [1.54, 1.807) is 0 Å². The first-order chi connectivity index (χ1) is 7.25. The highest BCUT2D eigenvalue weighted by atomic mass is 16.5. The highest BCUT2D eigenvalue weighted by Crippen LogP contribution is 2.14. The second-order valence-electron chi connectivity index (χ2n) is 4.56.